The molecule has 0 bridgehead atoms. The van der Waals surface area contributed by atoms with E-state index in [0.29, 0.717) is 5.92 Å². The molecule has 0 saturated heterocycles. The van der Waals surface area contributed by atoms with Crippen molar-refractivity contribution in [3.8, 4) is 0 Å². The second-order valence-electron chi connectivity index (χ2n) is 6.71. The summed E-state index contributed by atoms with van der Waals surface area (Å²) < 4.78 is 11.5. The maximum atomic E-state index is 6.10. The number of nitrogens with one attached hydrogen (secondary N) is 1. The predicted molar refractivity (Wildman–Crippen MR) is 82.7 cm³/mol. The Morgan fingerprint density at radius 1 is 1.11 bits per heavy atom. The smallest absolute Gasteiger partial charge is 0.0664 e. The maximum Gasteiger partial charge on any atom is 0.0664 e. The van der Waals surface area contributed by atoms with E-state index in [1.54, 1.807) is 7.11 Å². The van der Waals surface area contributed by atoms with Gasteiger partial charge in [-0.05, 0) is 59.0 Å². The third kappa shape index (κ3) is 9.42. The fourth-order valence-electron chi connectivity index (χ4n) is 1.74. The number of methoxy groups -OCH3 is 1. The van der Waals surface area contributed by atoms with E-state index in [-0.39, 0.29) is 11.2 Å². The first-order valence-electron chi connectivity index (χ1n) is 7.64. The number of hydrogen-bond donors (Lipinski definition) is 1. The molecule has 3 nitrogen and oxygen atoms in total. The third-order valence-corrected chi connectivity index (χ3v) is 3.84. The van der Waals surface area contributed by atoms with Crippen LogP contribution in [0.25, 0.3) is 0 Å². The second-order valence-corrected chi connectivity index (χ2v) is 6.71. The van der Waals surface area contributed by atoms with Gasteiger partial charge in [-0.3, -0.25) is 0 Å². The Kier molecular flexibility index (Phi) is 8.88. The van der Waals surface area contributed by atoms with E-state index < -0.39 is 0 Å². The van der Waals surface area contributed by atoms with Crippen LogP contribution in [0.1, 0.15) is 60.8 Å². The van der Waals surface area contributed by atoms with Gasteiger partial charge in [0, 0.05) is 7.11 Å². The van der Waals surface area contributed by atoms with Crippen LogP contribution in [0.3, 0.4) is 0 Å². The minimum atomic E-state index is -0.0927. The summed E-state index contributed by atoms with van der Waals surface area (Å²) in [6.45, 7) is 15.9. The summed E-state index contributed by atoms with van der Waals surface area (Å²) in [6.07, 6.45) is 3.03. The number of hydrogen-bond acceptors (Lipinski definition) is 3. The fourth-order valence-corrected chi connectivity index (χ4v) is 1.74. The Balaban J connectivity index is 3.95. The van der Waals surface area contributed by atoms with E-state index in [9.17, 15) is 0 Å². The summed E-state index contributed by atoms with van der Waals surface area (Å²) in [5, 5.41) is 3.49. The molecule has 116 valence electrons. The Hall–Kier alpha value is -0.120. The lowest BCUT2D eigenvalue weighted by Crippen LogP contribution is -2.35. The SMILES string of the molecule is CCC(C)(CCNCC(C)C)OCCC(C)(C)OC. The molecule has 0 fully saturated rings. The molecular formula is C16H35NO2. The van der Waals surface area contributed by atoms with Crippen molar-refractivity contribution < 1.29 is 9.47 Å². The first-order chi connectivity index (χ1) is 8.74. The van der Waals surface area contributed by atoms with Gasteiger partial charge in [0.15, 0.2) is 0 Å². The van der Waals surface area contributed by atoms with Gasteiger partial charge in [-0.25, -0.2) is 0 Å². The zero-order valence-corrected chi connectivity index (χ0v) is 14.1. The molecule has 0 rings (SSSR count). The molecule has 0 aromatic rings. The highest BCUT2D eigenvalue weighted by molar-refractivity contribution is 4.76. The molecule has 0 aliphatic rings. The van der Waals surface area contributed by atoms with Gasteiger partial charge in [0.25, 0.3) is 0 Å². The lowest BCUT2D eigenvalue weighted by Gasteiger charge is -2.31. The van der Waals surface area contributed by atoms with Crippen molar-refractivity contribution in [2.75, 3.05) is 26.8 Å². The Labute approximate surface area is 120 Å². The number of ether oxygens (including phenoxy) is 2. The molecule has 1 atom stereocenters. The van der Waals surface area contributed by atoms with E-state index >= 15 is 0 Å². The minimum Gasteiger partial charge on any atom is -0.379 e. The van der Waals surface area contributed by atoms with E-state index in [0.717, 1.165) is 39.0 Å². The van der Waals surface area contributed by atoms with Gasteiger partial charge in [-0.15, -0.1) is 0 Å². The van der Waals surface area contributed by atoms with Crippen LogP contribution in [-0.2, 0) is 9.47 Å². The van der Waals surface area contributed by atoms with Crippen molar-refractivity contribution in [1.82, 2.24) is 5.32 Å². The van der Waals surface area contributed by atoms with Crippen molar-refractivity contribution >= 4 is 0 Å². The quantitative estimate of drug-likeness (QED) is 0.583. The molecular weight excluding hydrogens is 238 g/mol. The predicted octanol–water partition coefficient (Wildman–Crippen LogP) is 3.62. The van der Waals surface area contributed by atoms with Gasteiger partial charge < -0.3 is 14.8 Å². The highest BCUT2D eigenvalue weighted by atomic mass is 16.5. The Bertz CT molecular complexity index is 229. The van der Waals surface area contributed by atoms with Crippen molar-refractivity contribution in [3.63, 3.8) is 0 Å². The van der Waals surface area contributed by atoms with E-state index in [1.807, 2.05) is 0 Å². The first kappa shape index (κ1) is 18.9. The second kappa shape index (κ2) is 8.93. The molecule has 0 aliphatic carbocycles. The molecule has 0 radical (unpaired) electrons. The monoisotopic (exact) mass is 273 g/mol. The first-order valence-corrected chi connectivity index (χ1v) is 7.64. The molecule has 0 aromatic heterocycles. The van der Waals surface area contributed by atoms with E-state index in [4.69, 9.17) is 9.47 Å². The van der Waals surface area contributed by atoms with Crippen LogP contribution in [0.4, 0.5) is 0 Å². The summed E-state index contributed by atoms with van der Waals surface area (Å²) in [6, 6.07) is 0. The van der Waals surface area contributed by atoms with Gasteiger partial charge in [-0.1, -0.05) is 20.8 Å². The Morgan fingerprint density at radius 3 is 2.21 bits per heavy atom. The molecule has 1 N–H and O–H groups in total. The van der Waals surface area contributed by atoms with E-state index in [1.165, 1.54) is 0 Å². The van der Waals surface area contributed by atoms with Crippen molar-refractivity contribution in [1.29, 1.82) is 0 Å². The summed E-state index contributed by atoms with van der Waals surface area (Å²) in [5.41, 5.74) is -0.113. The van der Waals surface area contributed by atoms with Crippen molar-refractivity contribution in [2.45, 2.75) is 72.0 Å². The van der Waals surface area contributed by atoms with Crippen LogP contribution in [-0.4, -0.2) is 38.0 Å². The Morgan fingerprint density at radius 2 is 1.74 bits per heavy atom. The van der Waals surface area contributed by atoms with Crippen LogP contribution in [0.5, 0.6) is 0 Å². The zero-order chi connectivity index (χ0) is 14.9. The highest BCUT2D eigenvalue weighted by Crippen LogP contribution is 2.22. The normalized spacial score (nSPS) is 15.8. The van der Waals surface area contributed by atoms with E-state index in [2.05, 4.69) is 46.9 Å². The highest BCUT2D eigenvalue weighted by Gasteiger charge is 2.24. The minimum absolute atomic E-state index is 0.0200. The lowest BCUT2D eigenvalue weighted by molar-refractivity contribution is -0.0712. The molecule has 0 spiro atoms. The van der Waals surface area contributed by atoms with Crippen LogP contribution in [0, 0.1) is 5.92 Å². The van der Waals surface area contributed by atoms with Crippen molar-refractivity contribution in [2.24, 2.45) is 5.92 Å². The average molecular weight is 273 g/mol. The van der Waals surface area contributed by atoms with Crippen molar-refractivity contribution in [3.05, 3.63) is 0 Å². The summed E-state index contributed by atoms with van der Waals surface area (Å²) >= 11 is 0. The molecule has 0 heterocycles. The zero-order valence-electron chi connectivity index (χ0n) is 14.1. The molecule has 19 heavy (non-hydrogen) atoms. The van der Waals surface area contributed by atoms with Gasteiger partial charge >= 0.3 is 0 Å². The summed E-state index contributed by atoms with van der Waals surface area (Å²) in [7, 11) is 1.76. The largest absolute Gasteiger partial charge is 0.379 e. The van der Waals surface area contributed by atoms with Gasteiger partial charge in [0.05, 0.1) is 17.8 Å². The topological polar surface area (TPSA) is 30.5 Å². The van der Waals surface area contributed by atoms with Crippen LogP contribution in [0.2, 0.25) is 0 Å². The molecule has 0 aromatic carbocycles. The summed E-state index contributed by atoms with van der Waals surface area (Å²) in [4.78, 5) is 0. The molecule has 0 aliphatic heterocycles. The molecule has 0 saturated carbocycles. The molecule has 0 amide bonds. The average Bonchev–Trinajstić information content (AvgIpc) is 2.34. The molecule has 1 unspecified atom stereocenters. The van der Waals surface area contributed by atoms with Gasteiger partial charge in [-0.2, -0.15) is 0 Å². The van der Waals surface area contributed by atoms with Crippen LogP contribution >= 0.6 is 0 Å². The fraction of sp³-hybridized carbons (Fsp3) is 1.00. The summed E-state index contributed by atoms with van der Waals surface area (Å²) in [5.74, 6) is 0.705. The lowest BCUT2D eigenvalue weighted by atomic mass is 9.98. The number of rotatable bonds is 11. The van der Waals surface area contributed by atoms with Gasteiger partial charge in [0.2, 0.25) is 0 Å². The maximum absolute atomic E-state index is 6.10. The van der Waals surface area contributed by atoms with Gasteiger partial charge in [0.1, 0.15) is 0 Å². The third-order valence-electron chi connectivity index (χ3n) is 3.84. The van der Waals surface area contributed by atoms with Crippen LogP contribution in [0.15, 0.2) is 0 Å². The standard InChI is InChI=1S/C16H35NO2/c1-8-16(6,9-11-17-13-14(2)3)19-12-10-15(4,5)18-7/h14,17H,8-13H2,1-7H3. The van der Waals surface area contributed by atoms with Crippen LogP contribution < -0.4 is 5.32 Å². The molecule has 3 heteroatoms.